The van der Waals surface area contributed by atoms with Gasteiger partial charge in [0.2, 0.25) is 0 Å². The number of alkyl halides is 2. The zero-order valence-corrected chi connectivity index (χ0v) is 15.7. The third-order valence-electron chi connectivity index (χ3n) is 4.53. The van der Waals surface area contributed by atoms with E-state index in [4.69, 9.17) is 0 Å². The van der Waals surface area contributed by atoms with Gasteiger partial charge in [-0.15, -0.1) is 0 Å². The molecule has 0 aliphatic heterocycles. The third kappa shape index (κ3) is 3.89. The van der Waals surface area contributed by atoms with Crippen LogP contribution >= 0.6 is 0 Å². The highest BCUT2D eigenvalue weighted by atomic mass is 19.3. The summed E-state index contributed by atoms with van der Waals surface area (Å²) >= 11 is 0. The number of nitrogens with zero attached hydrogens (tertiary/aromatic N) is 4. The molecule has 1 atom stereocenters. The van der Waals surface area contributed by atoms with E-state index in [1.807, 2.05) is 30.1 Å². The molecule has 3 aromatic heterocycles. The Labute approximate surface area is 164 Å². The predicted molar refractivity (Wildman–Crippen MR) is 102 cm³/mol. The number of nitrogens with one attached hydrogen (secondary N) is 1. The fraction of sp³-hybridized carbons (Fsp3) is 0.200. The Morgan fingerprint density at radius 3 is 2.69 bits per heavy atom. The van der Waals surface area contributed by atoms with Crippen molar-refractivity contribution in [1.29, 1.82) is 0 Å². The minimum Gasteiger partial charge on any atom is -0.434 e. The molecule has 0 aliphatic rings. The smallest absolute Gasteiger partial charge is 0.387 e. The molecule has 150 valence electrons. The van der Waals surface area contributed by atoms with Gasteiger partial charge < -0.3 is 14.6 Å². The first kappa shape index (κ1) is 18.9. The molecule has 0 saturated heterocycles. The van der Waals surface area contributed by atoms with E-state index in [1.54, 1.807) is 29.9 Å². The number of ether oxygens (including phenoxy) is 1. The second-order valence-corrected chi connectivity index (χ2v) is 6.63. The summed E-state index contributed by atoms with van der Waals surface area (Å²) in [5, 5.41) is 7.42. The largest absolute Gasteiger partial charge is 0.434 e. The quantitative estimate of drug-likeness (QED) is 0.511. The number of hydrogen-bond acceptors (Lipinski definition) is 4. The van der Waals surface area contributed by atoms with Gasteiger partial charge in [0.15, 0.2) is 5.65 Å². The van der Waals surface area contributed by atoms with Gasteiger partial charge in [0, 0.05) is 42.3 Å². The second kappa shape index (κ2) is 7.50. The summed E-state index contributed by atoms with van der Waals surface area (Å²) in [5.74, 6) is -0.132. The third-order valence-corrected chi connectivity index (χ3v) is 4.53. The number of aryl methyl sites for hydroxylation is 1. The van der Waals surface area contributed by atoms with Gasteiger partial charge in [0.1, 0.15) is 17.4 Å². The highest BCUT2D eigenvalue weighted by Gasteiger charge is 2.17. The van der Waals surface area contributed by atoms with Crippen LogP contribution in [0.15, 0.2) is 55.1 Å². The minimum absolute atomic E-state index is 0.0863. The Morgan fingerprint density at radius 1 is 1.14 bits per heavy atom. The molecule has 0 amide bonds. The number of rotatable bonds is 6. The molecule has 0 radical (unpaired) electrons. The first-order chi connectivity index (χ1) is 13.9. The van der Waals surface area contributed by atoms with Crippen LogP contribution in [-0.2, 0) is 7.05 Å². The van der Waals surface area contributed by atoms with Gasteiger partial charge in [-0.2, -0.15) is 13.9 Å². The lowest BCUT2D eigenvalue weighted by Gasteiger charge is -2.19. The zero-order chi connectivity index (χ0) is 20.5. The lowest BCUT2D eigenvalue weighted by Crippen LogP contribution is -2.12. The maximum absolute atomic E-state index is 13.7. The van der Waals surface area contributed by atoms with Crippen molar-refractivity contribution in [2.24, 2.45) is 7.05 Å². The lowest BCUT2D eigenvalue weighted by molar-refractivity contribution is -0.0505. The van der Waals surface area contributed by atoms with Crippen LogP contribution in [0.5, 0.6) is 5.75 Å². The van der Waals surface area contributed by atoms with E-state index in [0.717, 1.165) is 17.2 Å². The van der Waals surface area contributed by atoms with Crippen molar-refractivity contribution in [2.45, 2.75) is 19.6 Å². The molecule has 0 saturated carbocycles. The fourth-order valence-electron chi connectivity index (χ4n) is 3.18. The Hall–Kier alpha value is -3.49. The first-order valence-electron chi connectivity index (χ1n) is 8.88. The average molecular weight is 401 g/mol. The molecule has 0 unspecified atom stereocenters. The molecular weight excluding hydrogens is 383 g/mol. The number of halogens is 3. The summed E-state index contributed by atoms with van der Waals surface area (Å²) < 4.78 is 47.1. The number of aromatic nitrogens is 4. The van der Waals surface area contributed by atoms with Crippen molar-refractivity contribution in [3.8, 4) is 16.9 Å². The van der Waals surface area contributed by atoms with Gasteiger partial charge in [0.25, 0.3) is 0 Å². The Balaban J connectivity index is 1.65. The molecule has 3 heterocycles. The number of anilines is 1. The Morgan fingerprint density at radius 2 is 1.97 bits per heavy atom. The molecule has 4 aromatic rings. The molecule has 6 nitrogen and oxygen atoms in total. The molecular formula is C20H18F3N5O. The highest BCUT2D eigenvalue weighted by molar-refractivity contribution is 5.77. The monoisotopic (exact) mass is 401 g/mol. The molecule has 0 fully saturated rings. The van der Waals surface area contributed by atoms with E-state index in [2.05, 4.69) is 20.1 Å². The van der Waals surface area contributed by atoms with Crippen LogP contribution < -0.4 is 10.1 Å². The van der Waals surface area contributed by atoms with Gasteiger partial charge in [-0.05, 0) is 37.3 Å². The van der Waals surface area contributed by atoms with Crippen LogP contribution in [-0.4, -0.2) is 25.8 Å². The van der Waals surface area contributed by atoms with E-state index in [9.17, 15) is 13.2 Å². The molecule has 0 spiro atoms. The maximum atomic E-state index is 13.7. The summed E-state index contributed by atoms with van der Waals surface area (Å²) in [6.07, 6.45) is 7.36. The van der Waals surface area contributed by atoms with Crippen LogP contribution in [0.3, 0.4) is 0 Å². The highest BCUT2D eigenvalue weighted by Crippen LogP contribution is 2.30. The molecule has 0 aliphatic carbocycles. The summed E-state index contributed by atoms with van der Waals surface area (Å²) in [6.45, 7) is -1.28. The van der Waals surface area contributed by atoms with E-state index < -0.39 is 18.5 Å². The van der Waals surface area contributed by atoms with Crippen molar-refractivity contribution in [1.82, 2.24) is 19.2 Å². The molecule has 0 bridgehead atoms. The van der Waals surface area contributed by atoms with Gasteiger partial charge in [-0.3, -0.25) is 0 Å². The SMILES string of the molecule is C[C@@H](Nc1ccn2ncc(-c3ccn(C)c3)c2n1)c1cc(F)ccc1OC(F)F. The molecule has 9 heteroatoms. The average Bonchev–Trinajstić information content (AvgIpc) is 3.28. The van der Waals surface area contributed by atoms with E-state index in [-0.39, 0.29) is 11.3 Å². The van der Waals surface area contributed by atoms with Crippen LogP contribution in [0.25, 0.3) is 16.8 Å². The van der Waals surface area contributed by atoms with Gasteiger partial charge in [-0.1, -0.05) is 0 Å². The molecule has 1 N–H and O–H groups in total. The topological polar surface area (TPSA) is 56.4 Å². The number of fused-ring (bicyclic) bond motifs is 1. The van der Waals surface area contributed by atoms with Crippen LogP contribution in [0, 0.1) is 5.82 Å². The Bertz CT molecular complexity index is 1150. The number of hydrogen-bond donors (Lipinski definition) is 1. The van der Waals surface area contributed by atoms with Crippen molar-refractivity contribution < 1.29 is 17.9 Å². The van der Waals surface area contributed by atoms with Crippen molar-refractivity contribution >= 4 is 11.5 Å². The van der Waals surface area contributed by atoms with Crippen LogP contribution in [0.2, 0.25) is 0 Å². The molecule has 1 aromatic carbocycles. The van der Waals surface area contributed by atoms with Crippen LogP contribution in [0.4, 0.5) is 19.0 Å². The maximum Gasteiger partial charge on any atom is 0.387 e. The first-order valence-corrected chi connectivity index (χ1v) is 8.88. The van der Waals surface area contributed by atoms with Crippen molar-refractivity contribution in [3.63, 3.8) is 0 Å². The lowest BCUT2D eigenvalue weighted by atomic mass is 10.1. The Kier molecular flexibility index (Phi) is 4.87. The van der Waals surface area contributed by atoms with E-state index >= 15 is 0 Å². The van der Waals surface area contributed by atoms with E-state index in [0.29, 0.717) is 11.5 Å². The van der Waals surface area contributed by atoms with Crippen molar-refractivity contribution in [3.05, 3.63) is 66.5 Å². The summed E-state index contributed by atoms with van der Waals surface area (Å²) in [4.78, 5) is 4.60. The summed E-state index contributed by atoms with van der Waals surface area (Å²) in [6, 6.07) is 6.58. The van der Waals surface area contributed by atoms with Gasteiger partial charge in [0.05, 0.1) is 12.2 Å². The van der Waals surface area contributed by atoms with Crippen LogP contribution in [0.1, 0.15) is 18.5 Å². The summed E-state index contributed by atoms with van der Waals surface area (Å²) in [5.41, 5.74) is 2.73. The van der Waals surface area contributed by atoms with Gasteiger partial charge in [-0.25, -0.2) is 13.9 Å². The predicted octanol–water partition coefficient (Wildman–Crippen LogP) is 4.65. The summed E-state index contributed by atoms with van der Waals surface area (Å²) in [7, 11) is 1.93. The molecule has 29 heavy (non-hydrogen) atoms. The number of benzene rings is 1. The standard InChI is InChI=1S/C20H18F3N5O/c1-12(15-9-14(21)3-4-17(15)29-20(22)23)25-18-6-8-28-19(26-18)16(10-24-28)13-5-7-27(2)11-13/h3-12,20H,1-2H3,(H,25,26)/t12-/m1/s1. The van der Waals surface area contributed by atoms with Gasteiger partial charge >= 0.3 is 6.61 Å². The molecule has 4 rings (SSSR count). The fourth-order valence-corrected chi connectivity index (χ4v) is 3.18. The van der Waals surface area contributed by atoms with Crippen molar-refractivity contribution in [2.75, 3.05) is 5.32 Å². The normalized spacial score (nSPS) is 12.5. The zero-order valence-electron chi connectivity index (χ0n) is 15.7. The van der Waals surface area contributed by atoms with E-state index in [1.165, 1.54) is 12.1 Å². The minimum atomic E-state index is -3.00. The second-order valence-electron chi connectivity index (χ2n) is 6.63.